The van der Waals surface area contributed by atoms with Gasteiger partial charge in [-0.15, -0.1) is 0 Å². The summed E-state index contributed by atoms with van der Waals surface area (Å²) in [4.78, 5) is 11.5. The van der Waals surface area contributed by atoms with Crippen LogP contribution in [0, 0.1) is 13.8 Å². The Kier molecular flexibility index (Phi) is 3.95. The molecule has 23 heavy (non-hydrogen) atoms. The Morgan fingerprint density at radius 3 is 2.78 bits per heavy atom. The van der Waals surface area contributed by atoms with Gasteiger partial charge < -0.3 is 5.32 Å². The number of anilines is 1. The normalized spacial score (nSPS) is 13.9. The van der Waals surface area contributed by atoms with E-state index in [9.17, 15) is 13.2 Å². The van der Waals surface area contributed by atoms with Crippen LogP contribution < -0.4 is 10.0 Å². The maximum Gasteiger partial charge on any atom is 0.240 e. The van der Waals surface area contributed by atoms with E-state index >= 15 is 0 Å². The molecule has 7 nitrogen and oxygen atoms in total. The molecule has 0 atom stereocenters. The fraction of sp³-hybridized carbons (Fsp3) is 0.333. The minimum Gasteiger partial charge on any atom is -0.326 e. The van der Waals surface area contributed by atoms with Crippen LogP contribution in [0.3, 0.4) is 0 Å². The second kappa shape index (κ2) is 5.78. The maximum absolute atomic E-state index is 12.3. The number of benzene rings is 1. The van der Waals surface area contributed by atoms with Crippen LogP contribution in [0.25, 0.3) is 0 Å². The van der Waals surface area contributed by atoms with Crippen LogP contribution in [0.4, 0.5) is 5.69 Å². The summed E-state index contributed by atoms with van der Waals surface area (Å²) in [6, 6.07) is 6.60. The van der Waals surface area contributed by atoms with Crippen LogP contribution >= 0.6 is 0 Å². The Balaban J connectivity index is 1.69. The summed E-state index contributed by atoms with van der Waals surface area (Å²) in [5.41, 5.74) is 3.28. The van der Waals surface area contributed by atoms with E-state index in [1.807, 2.05) is 19.9 Å². The number of sulfonamides is 1. The van der Waals surface area contributed by atoms with E-state index in [1.165, 1.54) is 6.07 Å². The van der Waals surface area contributed by atoms with E-state index in [1.54, 1.807) is 16.8 Å². The van der Waals surface area contributed by atoms with Crippen molar-refractivity contribution in [1.82, 2.24) is 14.5 Å². The van der Waals surface area contributed by atoms with Gasteiger partial charge in [0.05, 0.1) is 23.6 Å². The molecule has 0 bridgehead atoms. The van der Waals surface area contributed by atoms with E-state index < -0.39 is 10.0 Å². The van der Waals surface area contributed by atoms with Gasteiger partial charge in [-0.1, -0.05) is 0 Å². The summed E-state index contributed by atoms with van der Waals surface area (Å²) >= 11 is 0. The summed E-state index contributed by atoms with van der Waals surface area (Å²) in [6.45, 7) is 4.54. The molecule has 0 unspecified atom stereocenters. The molecule has 1 aromatic carbocycles. The number of nitrogens with one attached hydrogen (secondary N) is 2. The predicted molar refractivity (Wildman–Crippen MR) is 85.7 cm³/mol. The quantitative estimate of drug-likeness (QED) is 0.852. The van der Waals surface area contributed by atoms with E-state index in [4.69, 9.17) is 0 Å². The van der Waals surface area contributed by atoms with E-state index in [0.717, 1.165) is 11.4 Å². The van der Waals surface area contributed by atoms with E-state index in [0.29, 0.717) is 17.8 Å². The summed E-state index contributed by atoms with van der Waals surface area (Å²) < 4.78 is 29.0. The highest BCUT2D eigenvalue weighted by Crippen LogP contribution is 2.25. The summed E-state index contributed by atoms with van der Waals surface area (Å²) in [5, 5.41) is 6.98. The first-order valence-corrected chi connectivity index (χ1v) is 8.77. The molecule has 0 spiro atoms. The Morgan fingerprint density at radius 1 is 1.30 bits per heavy atom. The molecular weight excluding hydrogens is 316 g/mol. The zero-order chi connectivity index (χ0) is 16.6. The van der Waals surface area contributed by atoms with Crippen molar-refractivity contribution in [3.8, 4) is 0 Å². The smallest absolute Gasteiger partial charge is 0.240 e. The van der Waals surface area contributed by atoms with Crippen molar-refractivity contribution in [2.45, 2.75) is 31.7 Å². The van der Waals surface area contributed by atoms with Crippen LogP contribution in [0.1, 0.15) is 17.0 Å². The van der Waals surface area contributed by atoms with Gasteiger partial charge in [-0.2, -0.15) is 5.10 Å². The number of aromatic nitrogens is 2. The molecule has 2 heterocycles. The van der Waals surface area contributed by atoms with Crippen molar-refractivity contribution >= 4 is 21.6 Å². The van der Waals surface area contributed by atoms with Crippen LogP contribution in [-0.2, 0) is 27.8 Å². The minimum atomic E-state index is -3.61. The summed E-state index contributed by atoms with van der Waals surface area (Å²) in [5.74, 6) is -0.118. The predicted octanol–water partition coefficient (Wildman–Crippen LogP) is 0.973. The number of fused-ring (bicyclic) bond motifs is 1. The highest BCUT2D eigenvalue weighted by Gasteiger charge is 2.21. The van der Waals surface area contributed by atoms with Crippen molar-refractivity contribution < 1.29 is 13.2 Å². The standard InChI is InChI=1S/C15H18N4O3S/c1-10-7-11(2)19(18-10)6-5-16-23(21,22)13-3-4-14-12(8-13)9-15(20)17-14/h3-4,7-8,16H,5-6,9H2,1-2H3,(H,17,20). The molecule has 0 radical (unpaired) electrons. The number of hydrogen-bond donors (Lipinski definition) is 2. The van der Waals surface area contributed by atoms with Gasteiger partial charge in [0, 0.05) is 17.9 Å². The lowest BCUT2D eigenvalue weighted by molar-refractivity contribution is -0.115. The third-order valence-corrected chi connectivity index (χ3v) is 5.19. The van der Waals surface area contributed by atoms with Gasteiger partial charge in [0.1, 0.15) is 0 Å². The monoisotopic (exact) mass is 334 g/mol. The van der Waals surface area contributed by atoms with E-state index in [-0.39, 0.29) is 23.8 Å². The lowest BCUT2D eigenvalue weighted by Gasteiger charge is -2.09. The number of hydrogen-bond acceptors (Lipinski definition) is 4. The summed E-state index contributed by atoms with van der Waals surface area (Å²) in [6.07, 6.45) is 0.213. The number of amides is 1. The average molecular weight is 334 g/mol. The van der Waals surface area contributed by atoms with Crippen LogP contribution in [0.5, 0.6) is 0 Å². The number of nitrogens with zero attached hydrogens (tertiary/aromatic N) is 2. The molecule has 1 aliphatic rings. The van der Waals surface area contributed by atoms with Crippen molar-refractivity contribution in [3.05, 3.63) is 41.2 Å². The van der Waals surface area contributed by atoms with Gasteiger partial charge in [0.15, 0.2) is 0 Å². The zero-order valence-corrected chi connectivity index (χ0v) is 13.8. The second-order valence-electron chi connectivity index (χ2n) is 5.59. The van der Waals surface area contributed by atoms with Crippen molar-refractivity contribution in [1.29, 1.82) is 0 Å². The Bertz CT molecular complexity index is 871. The molecule has 1 amide bonds. The largest absolute Gasteiger partial charge is 0.326 e. The molecule has 122 valence electrons. The molecule has 0 saturated heterocycles. The van der Waals surface area contributed by atoms with Crippen molar-refractivity contribution in [3.63, 3.8) is 0 Å². The van der Waals surface area contributed by atoms with Crippen molar-refractivity contribution in [2.75, 3.05) is 11.9 Å². The van der Waals surface area contributed by atoms with Gasteiger partial charge in [-0.3, -0.25) is 9.48 Å². The van der Waals surface area contributed by atoms with Gasteiger partial charge in [-0.05, 0) is 43.7 Å². The number of carbonyl (C=O) groups excluding carboxylic acids is 1. The van der Waals surface area contributed by atoms with Crippen LogP contribution in [-0.4, -0.2) is 30.7 Å². The van der Waals surface area contributed by atoms with Crippen LogP contribution in [0.15, 0.2) is 29.2 Å². The highest BCUT2D eigenvalue weighted by molar-refractivity contribution is 7.89. The fourth-order valence-electron chi connectivity index (χ4n) is 2.64. The molecule has 2 aromatic rings. The Hall–Kier alpha value is -2.19. The lowest BCUT2D eigenvalue weighted by atomic mass is 10.2. The summed E-state index contributed by atoms with van der Waals surface area (Å²) in [7, 11) is -3.61. The average Bonchev–Trinajstić information content (AvgIpc) is 2.99. The topological polar surface area (TPSA) is 93.1 Å². The number of rotatable bonds is 5. The molecule has 0 aliphatic carbocycles. The lowest BCUT2D eigenvalue weighted by Crippen LogP contribution is -2.28. The molecule has 2 N–H and O–H groups in total. The van der Waals surface area contributed by atoms with Gasteiger partial charge >= 0.3 is 0 Å². The molecule has 8 heteroatoms. The van der Waals surface area contributed by atoms with Gasteiger partial charge in [-0.25, -0.2) is 13.1 Å². The fourth-order valence-corrected chi connectivity index (χ4v) is 3.71. The molecule has 3 rings (SSSR count). The molecule has 0 saturated carbocycles. The zero-order valence-electron chi connectivity index (χ0n) is 13.0. The van der Waals surface area contributed by atoms with E-state index in [2.05, 4.69) is 15.1 Å². The molecule has 1 aromatic heterocycles. The third-order valence-electron chi connectivity index (χ3n) is 3.73. The Labute approximate surface area is 134 Å². The van der Waals surface area contributed by atoms with Gasteiger partial charge in [0.2, 0.25) is 15.9 Å². The van der Waals surface area contributed by atoms with Gasteiger partial charge in [0.25, 0.3) is 0 Å². The third kappa shape index (κ3) is 3.27. The Morgan fingerprint density at radius 2 is 2.09 bits per heavy atom. The maximum atomic E-state index is 12.3. The molecular formula is C15H18N4O3S. The molecule has 1 aliphatic heterocycles. The first-order chi connectivity index (χ1) is 10.8. The first kappa shape index (κ1) is 15.7. The SMILES string of the molecule is Cc1cc(C)n(CCNS(=O)(=O)c2ccc3c(c2)CC(=O)N3)n1. The minimum absolute atomic E-state index is 0.118. The number of aryl methyl sites for hydroxylation is 2. The molecule has 0 fully saturated rings. The first-order valence-electron chi connectivity index (χ1n) is 7.29. The number of carbonyl (C=O) groups is 1. The van der Waals surface area contributed by atoms with Crippen molar-refractivity contribution in [2.24, 2.45) is 0 Å². The second-order valence-corrected chi connectivity index (χ2v) is 7.36. The highest BCUT2D eigenvalue weighted by atomic mass is 32.2. The van der Waals surface area contributed by atoms with Crippen LogP contribution in [0.2, 0.25) is 0 Å².